The molecular formula is C18H17N3O. The van der Waals surface area contributed by atoms with E-state index >= 15 is 0 Å². The monoisotopic (exact) mass is 291 g/mol. The third-order valence-electron chi connectivity index (χ3n) is 3.86. The van der Waals surface area contributed by atoms with Gasteiger partial charge in [0, 0.05) is 23.3 Å². The van der Waals surface area contributed by atoms with Crippen molar-refractivity contribution in [1.29, 1.82) is 0 Å². The fourth-order valence-corrected chi connectivity index (χ4v) is 2.69. The summed E-state index contributed by atoms with van der Waals surface area (Å²) >= 11 is 0. The summed E-state index contributed by atoms with van der Waals surface area (Å²) < 4.78 is 0. The second-order valence-electron chi connectivity index (χ2n) is 5.19. The highest BCUT2D eigenvalue weighted by molar-refractivity contribution is 5.89. The Kier molecular flexibility index (Phi) is 3.61. The van der Waals surface area contributed by atoms with Gasteiger partial charge in [0.15, 0.2) is 0 Å². The highest BCUT2D eigenvalue weighted by atomic mass is 16.3. The van der Waals surface area contributed by atoms with Crippen molar-refractivity contribution < 1.29 is 5.11 Å². The predicted octanol–water partition coefficient (Wildman–Crippen LogP) is 3.32. The summed E-state index contributed by atoms with van der Waals surface area (Å²) in [6.45, 7) is 5.72. The summed E-state index contributed by atoms with van der Waals surface area (Å²) in [7, 11) is 0. The first-order valence-corrected chi connectivity index (χ1v) is 7.01. The number of aliphatic hydroxyl groups excluding tert-OH is 1. The molecule has 0 atom stereocenters. The van der Waals surface area contributed by atoms with Crippen LogP contribution >= 0.6 is 0 Å². The Morgan fingerprint density at radius 1 is 1.18 bits per heavy atom. The van der Waals surface area contributed by atoms with Gasteiger partial charge in [-0.3, -0.25) is 4.98 Å². The lowest BCUT2D eigenvalue weighted by Crippen LogP contribution is -1.99. The molecule has 0 unspecified atom stereocenters. The lowest BCUT2D eigenvalue weighted by molar-refractivity contribution is 0.277. The van der Waals surface area contributed by atoms with Crippen LogP contribution in [0.25, 0.3) is 28.0 Å². The number of hydrogen-bond donors (Lipinski definition) is 2. The molecule has 0 saturated heterocycles. The maximum absolute atomic E-state index is 9.60. The Balaban J connectivity index is 2.26. The minimum absolute atomic E-state index is 0.106. The molecule has 0 aliphatic heterocycles. The van der Waals surface area contributed by atoms with E-state index in [1.165, 1.54) is 0 Å². The molecule has 0 spiro atoms. The second kappa shape index (κ2) is 5.58. The van der Waals surface area contributed by atoms with Crippen molar-refractivity contribution in [3.63, 3.8) is 0 Å². The Morgan fingerprint density at radius 3 is 2.73 bits per heavy atom. The van der Waals surface area contributed by atoms with E-state index < -0.39 is 0 Å². The first kappa shape index (κ1) is 14.2. The molecule has 0 aliphatic carbocycles. The molecule has 110 valence electrons. The normalized spacial score (nSPS) is 10.8. The van der Waals surface area contributed by atoms with Gasteiger partial charge in [-0.05, 0) is 41.1 Å². The van der Waals surface area contributed by atoms with Gasteiger partial charge in [0.2, 0.25) is 0 Å². The minimum Gasteiger partial charge on any atom is -0.390 e. The van der Waals surface area contributed by atoms with Gasteiger partial charge in [-0.25, -0.2) is 4.98 Å². The molecular weight excluding hydrogens is 274 g/mol. The lowest BCUT2D eigenvalue weighted by atomic mass is 9.94. The van der Waals surface area contributed by atoms with Gasteiger partial charge in [0.05, 0.1) is 12.3 Å². The van der Waals surface area contributed by atoms with Crippen LogP contribution in [0.2, 0.25) is 0 Å². The third kappa shape index (κ3) is 2.34. The first-order valence-electron chi connectivity index (χ1n) is 7.01. The summed E-state index contributed by atoms with van der Waals surface area (Å²) in [5.74, 6) is 0.503. The van der Waals surface area contributed by atoms with E-state index in [4.69, 9.17) is 5.73 Å². The standard InChI is InChI=1S/C18H17N3O/c1-3-12-8-20-16(10-22)18(11(12)2)14-5-4-13-7-17(19)21-9-15(13)6-14/h3-9,22H,1,10H2,2H3,(H2,19,21). The molecule has 0 amide bonds. The maximum atomic E-state index is 9.60. The number of nitrogen functional groups attached to an aromatic ring is 1. The van der Waals surface area contributed by atoms with Crippen molar-refractivity contribution in [1.82, 2.24) is 9.97 Å². The largest absolute Gasteiger partial charge is 0.390 e. The van der Waals surface area contributed by atoms with Gasteiger partial charge in [-0.15, -0.1) is 0 Å². The molecule has 3 rings (SSSR count). The first-order chi connectivity index (χ1) is 10.6. The number of benzene rings is 1. The fourth-order valence-electron chi connectivity index (χ4n) is 2.69. The summed E-state index contributed by atoms with van der Waals surface area (Å²) in [4.78, 5) is 8.48. The molecule has 0 saturated carbocycles. The molecule has 22 heavy (non-hydrogen) atoms. The van der Waals surface area contributed by atoms with Crippen LogP contribution in [0.1, 0.15) is 16.8 Å². The second-order valence-corrected chi connectivity index (χ2v) is 5.19. The molecule has 0 aliphatic rings. The predicted molar refractivity (Wildman–Crippen MR) is 90.1 cm³/mol. The topological polar surface area (TPSA) is 72.0 Å². The Bertz CT molecular complexity index is 872. The van der Waals surface area contributed by atoms with E-state index in [0.29, 0.717) is 11.5 Å². The Labute approximate surface area is 129 Å². The number of rotatable bonds is 3. The van der Waals surface area contributed by atoms with E-state index in [1.54, 1.807) is 18.5 Å². The molecule has 0 bridgehead atoms. The number of aromatic nitrogens is 2. The third-order valence-corrected chi connectivity index (χ3v) is 3.86. The van der Waals surface area contributed by atoms with Gasteiger partial charge in [-0.2, -0.15) is 0 Å². The van der Waals surface area contributed by atoms with Crippen molar-refractivity contribution >= 4 is 22.7 Å². The lowest BCUT2D eigenvalue weighted by Gasteiger charge is -2.14. The van der Waals surface area contributed by atoms with Crippen LogP contribution in [0, 0.1) is 6.92 Å². The van der Waals surface area contributed by atoms with Gasteiger partial charge < -0.3 is 10.8 Å². The molecule has 3 N–H and O–H groups in total. The smallest absolute Gasteiger partial charge is 0.123 e. The quantitative estimate of drug-likeness (QED) is 0.776. The minimum atomic E-state index is -0.106. The highest BCUT2D eigenvalue weighted by Crippen LogP contribution is 2.31. The Morgan fingerprint density at radius 2 is 2.00 bits per heavy atom. The zero-order chi connectivity index (χ0) is 15.7. The molecule has 2 heterocycles. The number of aliphatic hydroxyl groups is 1. The number of hydrogen-bond acceptors (Lipinski definition) is 4. The van der Waals surface area contributed by atoms with E-state index in [0.717, 1.165) is 33.0 Å². The fraction of sp³-hybridized carbons (Fsp3) is 0.111. The van der Waals surface area contributed by atoms with Gasteiger partial charge in [-0.1, -0.05) is 24.8 Å². The molecule has 3 aromatic rings. The van der Waals surface area contributed by atoms with E-state index in [9.17, 15) is 5.11 Å². The van der Waals surface area contributed by atoms with Gasteiger partial charge >= 0.3 is 0 Å². The number of nitrogens with zero attached hydrogens (tertiary/aromatic N) is 2. The van der Waals surface area contributed by atoms with Crippen molar-refractivity contribution in [2.24, 2.45) is 0 Å². The average molecular weight is 291 g/mol. The number of pyridine rings is 2. The molecule has 0 radical (unpaired) electrons. The highest BCUT2D eigenvalue weighted by Gasteiger charge is 2.12. The molecule has 0 fully saturated rings. The average Bonchev–Trinajstić information content (AvgIpc) is 2.54. The molecule has 1 aromatic carbocycles. The summed E-state index contributed by atoms with van der Waals surface area (Å²) in [6.07, 6.45) is 5.27. The van der Waals surface area contributed by atoms with Gasteiger partial charge in [0.1, 0.15) is 5.82 Å². The number of anilines is 1. The number of nitrogens with two attached hydrogens (primary N) is 1. The zero-order valence-electron chi connectivity index (χ0n) is 12.4. The van der Waals surface area contributed by atoms with Crippen LogP contribution in [0.5, 0.6) is 0 Å². The SMILES string of the molecule is C=Cc1cnc(CO)c(-c2ccc3cc(N)ncc3c2)c1C. The van der Waals surface area contributed by atoms with E-state index in [-0.39, 0.29) is 6.61 Å². The Hall–Kier alpha value is -2.72. The summed E-state index contributed by atoms with van der Waals surface area (Å²) in [6, 6.07) is 7.90. The maximum Gasteiger partial charge on any atom is 0.123 e. The van der Waals surface area contributed by atoms with Crippen molar-refractivity contribution in [3.05, 3.63) is 60.1 Å². The van der Waals surface area contributed by atoms with Crippen molar-refractivity contribution in [3.8, 4) is 11.1 Å². The molecule has 4 nitrogen and oxygen atoms in total. The number of fused-ring (bicyclic) bond motifs is 1. The van der Waals surface area contributed by atoms with Crippen LogP contribution in [0.4, 0.5) is 5.82 Å². The van der Waals surface area contributed by atoms with Crippen LogP contribution < -0.4 is 5.73 Å². The van der Waals surface area contributed by atoms with Crippen LogP contribution in [-0.4, -0.2) is 15.1 Å². The van der Waals surface area contributed by atoms with E-state index in [1.807, 2.05) is 31.2 Å². The van der Waals surface area contributed by atoms with Gasteiger partial charge in [0.25, 0.3) is 0 Å². The summed E-state index contributed by atoms with van der Waals surface area (Å²) in [5, 5.41) is 11.6. The van der Waals surface area contributed by atoms with Crippen LogP contribution in [0.15, 0.2) is 43.2 Å². The summed E-state index contributed by atoms with van der Waals surface area (Å²) in [5.41, 5.74) is 10.3. The zero-order valence-corrected chi connectivity index (χ0v) is 12.4. The van der Waals surface area contributed by atoms with Crippen molar-refractivity contribution in [2.75, 3.05) is 5.73 Å². The van der Waals surface area contributed by atoms with Crippen LogP contribution in [-0.2, 0) is 6.61 Å². The van der Waals surface area contributed by atoms with Crippen molar-refractivity contribution in [2.45, 2.75) is 13.5 Å². The molecule has 2 aromatic heterocycles. The molecule has 4 heteroatoms. The van der Waals surface area contributed by atoms with E-state index in [2.05, 4.69) is 16.5 Å². The van der Waals surface area contributed by atoms with Crippen LogP contribution in [0.3, 0.4) is 0 Å².